The molecule has 1 atom stereocenters. The van der Waals surface area contributed by atoms with E-state index in [1.165, 1.54) is 48.4 Å². The molecule has 0 spiro atoms. The van der Waals surface area contributed by atoms with E-state index in [2.05, 4.69) is 4.90 Å². The number of likely N-dealkylation sites (N-methyl/N-ethyl adjacent to an activating group) is 1. The highest BCUT2D eigenvalue weighted by Crippen LogP contribution is 2.41. The predicted octanol–water partition coefficient (Wildman–Crippen LogP) is 3.07. The van der Waals surface area contributed by atoms with Crippen LogP contribution in [0.4, 0.5) is 5.69 Å². The number of amides is 1. The number of carbonyl (C=O) groups excluding carboxylic acids is 2. The number of nitrogens with zero attached hydrogens (tertiary/aromatic N) is 3. The Morgan fingerprint density at radius 2 is 1.79 bits per heavy atom. The number of nitro benzene ring substituents is 1. The number of non-ortho nitro benzene ring substituents is 1. The quantitative estimate of drug-likeness (QED) is 0.188. The van der Waals surface area contributed by atoms with E-state index in [9.17, 15) is 29.9 Å². The highest BCUT2D eigenvalue weighted by molar-refractivity contribution is 6.46. The number of aromatic hydroxyl groups is 1. The van der Waals surface area contributed by atoms with Crippen LogP contribution in [0.15, 0.2) is 48.0 Å². The molecule has 1 amide bonds. The van der Waals surface area contributed by atoms with Crippen LogP contribution < -0.4 is 4.74 Å². The topological polar surface area (TPSA) is 133 Å². The fourth-order valence-corrected chi connectivity index (χ4v) is 4.01. The molecule has 1 fully saturated rings. The Morgan fingerprint density at radius 1 is 1.15 bits per heavy atom. The molecular formula is C24H27N3O7. The Hall–Kier alpha value is -3.92. The molecule has 2 aromatic carbocycles. The third-order valence-corrected chi connectivity index (χ3v) is 5.96. The summed E-state index contributed by atoms with van der Waals surface area (Å²) < 4.78 is 5.19. The Bertz CT molecular complexity index is 1120. The fourth-order valence-electron chi connectivity index (χ4n) is 4.01. The number of phenols is 1. The molecule has 34 heavy (non-hydrogen) atoms. The molecule has 0 bridgehead atoms. The van der Waals surface area contributed by atoms with Crippen LogP contribution >= 0.6 is 0 Å². The van der Waals surface area contributed by atoms with Crippen LogP contribution in [-0.4, -0.2) is 69.9 Å². The maximum atomic E-state index is 13.1. The fraction of sp³-hybridized carbons (Fsp3) is 0.333. The average Bonchev–Trinajstić information content (AvgIpc) is 3.09. The predicted molar refractivity (Wildman–Crippen MR) is 125 cm³/mol. The van der Waals surface area contributed by atoms with E-state index in [1.54, 1.807) is 6.07 Å². The van der Waals surface area contributed by atoms with E-state index in [4.69, 9.17) is 4.74 Å². The Kier molecular flexibility index (Phi) is 7.52. The van der Waals surface area contributed by atoms with Crippen LogP contribution in [-0.2, 0) is 9.59 Å². The van der Waals surface area contributed by atoms with Crippen LogP contribution in [0.25, 0.3) is 5.76 Å². The van der Waals surface area contributed by atoms with E-state index >= 15 is 0 Å². The molecule has 1 aliphatic rings. The molecular weight excluding hydrogens is 442 g/mol. The Balaban J connectivity index is 2.13. The summed E-state index contributed by atoms with van der Waals surface area (Å²) in [7, 11) is 1.38. The lowest BCUT2D eigenvalue weighted by Crippen LogP contribution is -2.38. The minimum absolute atomic E-state index is 0.110. The van der Waals surface area contributed by atoms with Crippen molar-refractivity contribution in [1.29, 1.82) is 0 Å². The summed E-state index contributed by atoms with van der Waals surface area (Å²) in [5.74, 6) is -2.00. The summed E-state index contributed by atoms with van der Waals surface area (Å²) in [5.41, 5.74) is 0.335. The Labute approximate surface area is 196 Å². The number of rotatable bonds is 9. The summed E-state index contributed by atoms with van der Waals surface area (Å²) in [4.78, 5) is 40.0. The molecule has 2 aromatic rings. The molecule has 2 N–H and O–H groups in total. The van der Waals surface area contributed by atoms with Gasteiger partial charge in [0.2, 0.25) is 0 Å². The molecule has 180 valence electrons. The number of ether oxygens (including phenoxy) is 1. The zero-order valence-corrected chi connectivity index (χ0v) is 19.2. The van der Waals surface area contributed by atoms with Crippen LogP contribution in [0, 0.1) is 10.1 Å². The molecule has 1 heterocycles. The van der Waals surface area contributed by atoms with Crippen LogP contribution in [0.1, 0.15) is 31.0 Å². The number of hydrogen-bond acceptors (Lipinski definition) is 8. The first-order valence-corrected chi connectivity index (χ1v) is 10.9. The molecule has 10 heteroatoms. The smallest absolute Gasteiger partial charge is 0.295 e. The number of aliphatic hydroxyl groups is 1. The second-order valence-electron chi connectivity index (χ2n) is 7.75. The molecule has 0 radical (unpaired) electrons. The highest BCUT2D eigenvalue weighted by atomic mass is 16.6. The number of methoxy groups -OCH3 is 1. The van der Waals surface area contributed by atoms with Crippen molar-refractivity contribution in [1.82, 2.24) is 9.80 Å². The van der Waals surface area contributed by atoms with Gasteiger partial charge in [0.25, 0.3) is 17.4 Å². The molecule has 0 unspecified atom stereocenters. The van der Waals surface area contributed by atoms with Crippen molar-refractivity contribution in [3.8, 4) is 11.5 Å². The monoisotopic (exact) mass is 469 g/mol. The van der Waals surface area contributed by atoms with E-state index < -0.39 is 28.4 Å². The van der Waals surface area contributed by atoms with Gasteiger partial charge in [-0.2, -0.15) is 0 Å². The van der Waals surface area contributed by atoms with Gasteiger partial charge in [-0.15, -0.1) is 0 Å². The summed E-state index contributed by atoms with van der Waals surface area (Å²) >= 11 is 0. The first kappa shape index (κ1) is 24.7. The van der Waals surface area contributed by atoms with Crippen LogP contribution in [0.3, 0.4) is 0 Å². The van der Waals surface area contributed by atoms with Gasteiger partial charge in [-0.3, -0.25) is 19.7 Å². The molecule has 0 saturated carbocycles. The van der Waals surface area contributed by atoms with E-state index in [-0.39, 0.29) is 34.9 Å². The zero-order valence-electron chi connectivity index (χ0n) is 19.2. The second kappa shape index (κ2) is 10.3. The third kappa shape index (κ3) is 4.72. The van der Waals surface area contributed by atoms with Crippen molar-refractivity contribution < 1.29 is 29.5 Å². The number of ketones is 1. The minimum Gasteiger partial charge on any atom is -0.507 e. The number of nitro groups is 1. The zero-order chi connectivity index (χ0) is 25.0. The van der Waals surface area contributed by atoms with Gasteiger partial charge in [-0.25, -0.2) is 0 Å². The van der Waals surface area contributed by atoms with Gasteiger partial charge < -0.3 is 24.7 Å². The van der Waals surface area contributed by atoms with E-state index in [1.807, 2.05) is 13.8 Å². The molecule has 3 rings (SSSR count). The van der Waals surface area contributed by atoms with Crippen molar-refractivity contribution in [2.75, 3.05) is 33.3 Å². The standard InChI is InChI=1S/C24H27N3O7/c1-4-25(5-2)12-13-26-21(16-8-11-18(28)19(14-16)34-3)20(23(30)24(26)31)22(29)15-6-9-17(10-7-15)27(32)33/h6-11,14,21,28-29H,4-5,12-13H2,1-3H3/b22-20+/t21-/m1/s1. The number of aliphatic hydroxyl groups excluding tert-OH is 1. The second-order valence-corrected chi connectivity index (χ2v) is 7.75. The van der Waals surface area contributed by atoms with Gasteiger partial charge in [-0.05, 0) is 42.9 Å². The van der Waals surface area contributed by atoms with Gasteiger partial charge in [0.1, 0.15) is 5.76 Å². The third-order valence-electron chi connectivity index (χ3n) is 5.96. The van der Waals surface area contributed by atoms with Crippen LogP contribution in [0.2, 0.25) is 0 Å². The number of carbonyl (C=O) groups is 2. The van der Waals surface area contributed by atoms with Gasteiger partial charge in [0.05, 0.1) is 23.6 Å². The Morgan fingerprint density at radius 3 is 2.35 bits per heavy atom. The molecule has 0 aromatic heterocycles. The lowest BCUT2D eigenvalue weighted by molar-refractivity contribution is -0.384. The van der Waals surface area contributed by atoms with E-state index in [0.29, 0.717) is 12.1 Å². The van der Waals surface area contributed by atoms with Gasteiger partial charge >= 0.3 is 0 Å². The van der Waals surface area contributed by atoms with Crippen molar-refractivity contribution in [2.24, 2.45) is 0 Å². The number of Topliss-reactive ketones (excluding diaryl/α,β-unsaturated/α-hetero) is 1. The maximum Gasteiger partial charge on any atom is 0.295 e. The highest BCUT2D eigenvalue weighted by Gasteiger charge is 2.46. The van der Waals surface area contributed by atoms with Crippen molar-refractivity contribution in [3.05, 3.63) is 69.3 Å². The normalized spacial score (nSPS) is 17.4. The maximum absolute atomic E-state index is 13.1. The minimum atomic E-state index is -0.930. The van der Waals surface area contributed by atoms with Gasteiger partial charge in [-0.1, -0.05) is 19.9 Å². The summed E-state index contributed by atoms with van der Waals surface area (Å²) in [6.45, 7) is 6.27. The van der Waals surface area contributed by atoms with Crippen molar-refractivity contribution in [3.63, 3.8) is 0 Å². The summed E-state index contributed by atoms with van der Waals surface area (Å²) in [6.07, 6.45) is 0. The van der Waals surface area contributed by atoms with Gasteiger partial charge in [0, 0.05) is 30.8 Å². The van der Waals surface area contributed by atoms with Crippen LogP contribution in [0.5, 0.6) is 11.5 Å². The average molecular weight is 469 g/mol. The lowest BCUT2D eigenvalue weighted by atomic mass is 9.95. The first-order chi connectivity index (χ1) is 16.2. The number of phenolic OH excluding ortho intramolecular Hbond substituents is 1. The number of likely N-dealkylation sites (tertiary alicyclic amines) is 1. The number of benzene rings is 2. The van der Waals surface area contributed by atoms with E-state index in [0.717, 1.165) is 13.1 Å². The summed E-state index contributed by atoms with van der Waals surface area (Å²) in [5, 5.41) is 32.0. The molecule has 0 aliphatic carbocycles. The molecule has 1 aliphatic heterocycles. The SMILES string of the molecule is CCN(CC)CCN1C(=O)C(=O)/C(=C(/O)c2ccc([N+](=O)[O-])cc2)[C@H]1c1ccc(O)c(OC)c1. The first-order valence-electron chi connectivity index (χ1n) is 10.9. The largest absolute Gasteiger partial charge is 0.507 e. The van der Waals surface area contributed by atoms with Gasteiger partial charge in [0.15, 0.2) is 11.5 Å². The molecule has 1 saturated heterocycles. The lowest BCUT2D eigenvalue weighted by Gasteiger charge is -2.28. The summed E-state index contributed by atoms with van der Waals surface area (Å²) in [6, 6.07) is 8.61. The van der Waals surface area contributed by atoms with Crippen molar-refractivity contribution in [2.45, 2.75) is 19.9 Å². The number of hydrogen-bond donors (Lipinski definition) is 2. The molecule has 10 nitrogen and oxygen atoms in total. The van der Waals surface area contributed by atoms with Crippen molar-refractivity contribution >= 4 is 23.1 Å².